The Bertz CT molecular complexity index is 347. The molecule has 1 aliphatic carbocycles. The third-order valence-electron chi connectivity index (χ3n) is 3.13. The van der Waals surface area contributed by atoms with Crippen LogP contribution >= 0.6 is 24.0 Å². The van der Waals surface area contributed by atoms with Gasteiger partial charge in [-0.15, -0.1) is 0 Å². The van der Waals surface area contributed by atoms with Gasteiger partial charge in [0.05, 0.1) is 0 Å². The van der Waals surface area contributed by atoms with Gasteiger partial charge in [-0.05, 0) is 31.3 Å². The number of imidazole rings is 1. The molecule has 1 saturated carbocycles. The van der Waals surface area contributed by atoms with Crippen molar-refractivity contribution in [3.63, 3.8) is 0 Å². The minimum atomic E-state index is 0.445. The van der Waals surface area contributed by atoms with Gasteiger partial charge in [0.1, 0.15) is 0 Å². The fourth-order valence-corrected chi connectivity index (χ4v) is 3.39. The lowest BCUT2D eigenvalue weighted by molar-refractivity contribution is 0.502. The van der Waals surface area contributed by atoms with E-state index in [0.717, 1.165) is 11.3 Å². The highest BCUT2D eigenvalue weighted by Crippen LogP contribution is 2.41. The topological polar surface area (TPSA) is 20.7 Å². The van der Waals surface area contributed by atoms with Crippen molar-refractivity contribution in [3.8, 4) is 0 Å². The average molecular weight is 228 g/mol. The number of hydrogen-bond acceptors (Lipinski definition) is 2. The zero-order valence-corrected chi connectivity index (χ0v) is 10.1. The second-order valence-electron chi connectivity index (χ2n) is 3.99. The van der Waals surface area contributed by atoms with Crippen molar-refractivity contribution in [1.82, 2.24) is 9.55 Å². The quantitative estimate of drug-likeness (QED) is 0.802. The van der Waals surface area contributed by atoms with E-state index in [-0.39, 0.29) is 0 Å². The molecule has 0 unspecified atom stereocenters. The standard InChI is InChI=1S/C10H16N2S2/c1-14-10(4-2-3-5-10)8-12-7-6-11-9(12)13/h6-7H,2-5,8H2,1H3,(H,11,13). The predicted octanol–water partition coefficient (Wildman–Crippen LogP) is 3.22. The molecule has 0 aliphatic heterocycles. The first kappa shape index (κ1) is 10.3. The van der Waals surface area contributed by atoms with Crippen molar-refractivity contribution >= 4 is 24.0 Å². The van der Waals surface area contributed by atoms with Gasteiger partial charge in [0.2, 0.25) is 0 Å². The third kappa shape index (κ3) is 1.91. The van der Waals surface area contributed by atoms with Gasteiger partial charge >= 0.3 is 0 Å². The van der Waals surface area contributed by atoms with E-state index in [9.17, 15) is 0 Å². The molecule has 0 saturated heterocycles. The van der Waals surface area contributed by atoms with Gasteiger partial charge in [-0.1, -0.05) is 12.8 Å². The summed E-state index contributed by atoms with van der Waals surface area (Å²) in [6.45, 7) is 1.07. The molecule has 1 aliphatic rings. The van der Waals surface area contributed by atoms with Crippen molar-refractivity contribution in [2.75, 3.05) is 6.26 Å². The van der Waals surface area contributed by atoms with E-state index in [2.05, 4.69) is 22.0 Å². The number of rotatable bonds is 3. The monoisotopic (exact) mass is 228 g/mol. The molecule has 0 amide bonds. The SMILES string of the molecule is CSC1(Cn2cc[nH]c2=S)CCCC1. The number of hydrogen-bond donors (Lipinski definition) is 1. The minimum Gasteiger partial charge on any atom is -0.337 e. The van der Waals surface area contributed by atoms with E-state index in [0.29, 0.717) is 4.75 Å². The molecule has 0 atom stereocenters. The van der Waals surface area contributed by atoms with Gasteiger partial charge in [-0.2, -0.15) is 11.8 Å². The largest absolute Gasteiger partial charge is 0.337 e. The first-order valence-corrected chi connectivity index (χ1v) is 6.68. The molecule has 0 radical (unpaired) electrons. The van der Waals surface area contributed by atoms with Crippen LogP contribution in [0.4, 0.5) is 0 Å². The summed E-state index contributed by atoms with van der Waals surface area (Å²) in [7, 11) is 0. The van der Waals surface area contributed by atoms with E-state index in [1.54, 1.807) is 0 Å². The van der Waals surface area contributed by atoms with Crippen LogP contribution in [0.2, 0.25) is 0 Å². The maximum absolute atomic E-state index is 5.22. The number of aromatic nitrogens is 2. The van der Waals surface area contributed by atoms with Gasteiger partial charge in [0.15, 0.2) is 4.77 Å². The number of thioether (sulfide) groups is 1. The Morgan fingerprint density at radius 2 is 2.29 bits per heavy atom. The lowest BCUT2D eigenvalue weighted by Crippen LogP contribution is -2.26. The average Bonchev–Trinajstić information content (AvgIpc) is 2.79. The predicted molar refractivity (Wildman–Crippen MR) is 64.3 cm³/mol. The number of nitrogens with one attached hydrogen (secondary N) is 1. The van der Waals surface area contributed by atoms with E-state index < -0.39 is 0 Å². The fourth-order valence-electron chi connectivity index (χ4n) is 2.23. The smallest absolute Gasteiger partial charge is 0.177 e. The van der Waals surface area contributed by atoms with Crippen LogP contribution in [-0.2, 0) is 6.54 Å². The van der Waals surface area contributed by atoms with Crippen LogP contribution in [0.1, 0.15) is 25.7 Å². The second-order valence-corrected chi connectivity index (χ2v) is 5.65. The molecule has 0 bridgehead atoms. The molecule has 4 heteroatoms. The van der Waals surface area contributed by atoms with Crippen LogP contribution in [0.5, 0.6) is 0 Å². The highest BCUT2D eigenvalue weighted by molar-refractivity contribution is 8.00. The fraction of sp³-hybridized carbons (Fsp3) is 0.700. The molecule has 78 valence electrons. The Hall–Kier alpha value is -0.220. The summed E-state index contributed by atoms with van der Waals surface area (Å²) >= 11 is 7.22. The summed E-state index contributed by atoms with van der Waals surface area (Å²) in [5.74, 6) is 0. The van der Waals surface area contributed by atoms with Crippen LogP contribution < -0.4 is 0 Å². The van der Waals surface area contributed by atoms with E-state index in [1.165, 1.54) is 25.7 Å². The molecule has 0 aromatic carbocycles. The van der Waals surface area contributed by atoms with Crippen molar-refractivity contribution in [2.45, 2.75) is 37.0 Å². The zero-order chi connectivity index (χ0) is 10.0. The Balaban J connectivity index is 2.16. The van der Waals surface area contributed by atoms with E-state index in [1.807, 2.05) is 18.0 Å². The van der Waals surface area contributed by atoms with Crippen LogP contribution in [-0.4, -0.2) is 20.6 Å². The van der Waals surface area contributed by atoms with Gasteiger partial charge in [0, 0.05) is 23.7 Å². The lowest BCUT2D eigenvalue weighted by atomic mass is 10.1. The molecular formula is C10H16N2S2. The van der Waals surface area contributed by atoms with Gasteiger partial charge < -0.3 is 9.55 Å². The lowest BCUT2D eigenvalue weighted by Gasteiger charge is -2.26. The molecule has 1 aromatic rings. The van der Waals surface area contributed by atoms with Crippen LogP contribution in [0.3, 0.4) is 0 Å². The normalized spacial score (nSPS) is 20.1. The Morgan fingerprint density at radius 1 is 1.57 bits per heavy atom. The maximum Gasteiger partial charge on any atom is 0.177 e. The molecule has 2 rings (SSSR count). The zero-order valence-electron chi connectivity index (χ0n) is 8.45. The van der Waals surface area contributed by atoms with Gasteiger partial charge in [-0.3, -0.25) is 0 Å². The number of H-pyrrole nitrogens is 1. The van der Waals surface area contributed by atoms with E-state index in [4.69, 9.17) is 12.2 Å². The summed E-state index contributed by atoms with van der Waals surface area (Å²) < 4.78 is 3.46. The molecule has 14 heavy (non-hydrogen) atoms. The van der Waals surface area contributed by atoms with Crippen LogP contribution in [0.15, 0.2) is 12.4 Å². The third-order valence-corrected chi connectivity index (χ3v) is 4.88. The van der Waals surface area contributed by atoms with Crippen molar-refractivity contribution in [2.24, 2.45) is 0 Å². The summed E-state index contributed by atoms with van der Waals surface area (Å²) in [6, 6.07) is 0. The van der Waals surface area contributed by atoms with Crippen molar-refractivity contribution in [1.29, 1.82) is 0 Å². The molecule has 1 heterocycles. The molecular weight excluding hydrogens is 212 g/mol. The minimum absolute atomic E-state index is 0.445. The van der Waals surface area contributed by atoms with Crippen molar-refractivity contribution in [3.05, 3.63) is 17.2 Å². The first-order valence-electron chi connectivity index (χ1n) is 5.05. The summed E-state index contributed by atoms with van der Waals surface area (Å²) in [4.78, 5) is 3.05. The Kier molecular flexibility index (Phi) is 3.02. The molecule has 1 fully saturated rings. The highest BCUT2D eigenvalue weighted by Gasteiger charge is 2.33. The van der Waals surface area contributed by atoms with Crippen molar-refractivity contribution < 1.29 is 0 Å². The second kappa shape index (κ2) is 4.11. The number of nitrogens with zero attached hydrogens (tertiary/aromatic N) is 1. The van der Waals surface area contributed by atoms with Crippen LogP contribution in [0, 0.1) is 4.77 Å². The molecule has 1 N–H and O–H groups in total. The molecule has 2 nitrogen and oxygen atoms in total. The van der Waals surface area contributed by atoms with Gasteiger partial charge in [-0.25, -0.2) is 0 Å². The summed E-state index contributed by atoms with van der Waals surface area (Å²) in [5.41, 5.74) is 0. The summed E-state index contributed by atoms with van der Waals surface area (Å²) in [6.07, 6.45) is 11.6. The molecule has 0 spiro atoms. The first-order chi connectivity index (χ1) is 6.76. The van der Waals surface area contributed by atoms with E-state index >= 15 is 0 Å². The Labute approximate surface area is 94.1 Å². The van der Waals surface area contributed by atoms with Gasteiger partial charge in [0.25, 0.3) is 0 Å². The molecule has 1 aromatic heterocycles. The number of aromatic amines is 1. The highest BCUT2D eigenvalue weighted by atomic mass is 32.2. The summed E-state index contributed by atoms with van der Waals surface area (Å²) in [5, 5.41) is 0. The maximum atomic E-state index is 5.22. The Morgan fingerprint density at radius 3 is 2.79 bits per heavy atom. The van der Waals surface area contributed by atoms with Crippen LogP contribution in [0.25, 0.3) is 0 Å².